The maximum Gasteiger partial charge on any atom is 0.234 e. The molecule has 0 aromatic heterocycles. The van der Waals surface area contributed by atoms with Crippen molar-refractivity contribution in [3.63, 3.8) is 0 Å². The highest BCUT2D eigenvalue weighted by Gasteiger charge is 2.20. The van der Waals surface area contributed by atoms with Crippen LogP contribution in [0.1, 0.15) is 30.9 Å². The fourth-order valence-electron chi connectivity index (χ4n) is 3.78. The largest absolute Gasteiger partial charge is 0.390 e. The van der Waals surface area contributed by atoms with Gasteiger partial charge < -0.3 is 10.4 Å². The number of piperidine rings is 1. The van der Waals surface area contributed by atoms with Gasteiger partial charge in [0.1, 0.15) is 0 Å². The molecule has 1 amide bonds. The molecule has 2 N–H and O–H groups in total. The molecule has 2 heterocycles. The number of fused-ring (bicyclic) bond motifs is 1. The Morgan fingerprint density at radius 3 is 2.68 bits per heavy atom. The number of hydrogen-bond donors (Lipinski definition) is 2. The number of carbonyl (C=O) groups is 1. The molecule has 0 saturated carbocycles. The zero-order valence-corrected chi connectivity index (χ0v) is 15.3. The zero-order valence-electron chi connectivity index (χ0n) is 15.3. The van der Waals surface area contributed by atoms with Gasteiger partial charge in [0.25, 0.3) is 0 Å². The summed E-state index contributed by atoms with van der Waals surface area (Å²) in [5, 5.41) is 13.2. The van der Waals surface area contributed by atoms with Gasteiger partial charge >= 0.3 is 0 Å². The second kappa shape index (κ2) is 8.79. The number of nitrogens with one attached hydrogen (secondary N) is 1. The van der Waals surface area contributed by atoms with E-state index in [1.807, 2.05) is 0 Å². The fraction of sp³-hybridized carbons (Fsp3) is 0.650. The molecule has 2 aliphatic heterocycles. The van der Waals surface area contributed by atoms with Crippen molar-refractivity contribution in [2.75, 3.05) is 39.3 Å². The van der Waals surface area contributed by atoms with Crippen LogP contribution in [-0.2, 0) is 17.8 Å². The molecule has 138 valence electrons. The van der Waals surface area contributed by atoms with Crippen molar-refractivity contribution in [3.05, 3.63) is 35.4 Å². The number of likely N-dealkylation sites (tertiary alicyclic amines) is 1. The lowest BCUT2D eigenvalue weighted by atomic mass is 9.99. The summed E-state index contributed by atoms with van der Waals surface area (Å²) in [6.07, 6.45) is 2.86. The number of benzene rings is 1. The molecular formula is C20H31N3O2. The van der Waals surface area contributed by atoms with E-state index in [-0.39, 0.29) is 5.91 Å². The molecule has 5 heteroatoms. The third-order valence-corrected chi connectivity index (χ3v) is 5.46. The summed E-state index contributed by atoms with van der Waals surface area (Å²) in [5.41, 5.74) is 2.77. The molecule has 3 rings (SSSR count). The minimum absolute atomic E-state index is 0.0255. The first-order valence-corrected chi connectivity index (χ1v) is 9.56. The Labute approximate surface area is 151 Å². The van der Waals surface area contributed by atoms with Crippen molar-refractivity contribution in [3.8, 4) is 0 Å². The number of hydrogen-bond acceptors (Lipinski definition) is 4. The first-order chi connectivity index (χ1) is 12.1. The first-order valence-electron chi connectivity index (χ1n) is 9.56. The highest BCUT2D eigenvalue weighted by molar-refractivity contribution is 5.78. The highest BCUT2D eigenvalue weighted by Crippen LogP contribution is 2.18. The first kappa shape index (κ1) is 18.4. The van der Waals surface area contributed by atoms with Crippen LogP contribution in [0.25, 0.3) is 0 Å². The molecular weight excluding hydrogens is 314 g/mol. The van der Waals surface area contributed by atoms with E-state index in [9.17, 15) is 9.90 Å². The van der Waals surface area contributed by atoms with Crippen molar-refractivity contribution < 1.29 is 9.90 Å². The molecule has 0 bridgehead atoms. The van der Waals surface area contributed by atoms with Crippen LogP contribution in [-0.4, -0.2) is 66.2 Å². The standard InChI is InChI=1S/C20H31N3O2/c1-16-6-9-22(10-7-16)15-20(25)21-12-19(24)14-23-11-8-17-4-2-3-5-18(17)13-23/h2-5,16,19,24H,6-15H2,1H3,(H,21,25). The number of β-amino-alcohol motifs (C(OH)–C–C–N with tert-alkyl or cyclic N) is 1. The van der Waals surface area contributed by atoms with Crippen molar-refractivity contribution in [1.82, 2.24) is 15.1 Å². The van der Waals surface area contributed by atoms with E-state index >= 15 is 0 Å². The summed E-state index contributed by atoms with van der Waals surface area (Å²) in [7, 11) is 0. The predicted octanol–water partition coefficient (Wildman–Crippen LogP) is 1.25. The van der Waals surface area contributed by atoms with Gasteiger partial charge in [-0.2, -0.15) is 0 Å². The lowest BCUT2D eigenvalue weighted by Gasteiger charge is -2.31. The van der Waals surface area contributed by atoms with Gasteiger partial charge in [0.2, 0.25) is 5.91 Å². The highest BCUT2D eigenvalue weighted by atomic mass is 16.3. The van der Waals surface area contributed by atoms with E-state index < -0.39 is 6.10 Å². The van der Waals surface area contributed by atoms with Crippen LogP contribution in [0.4, 0.5) is 0 Å². The normalized spacial score (nSPS) is 20.9. The SMILES string of the molecule is CC1CCN(CC(=O)NCC(O)CN2CCc3ccccc3C2)CC1. The number of carbonyl (C=O) groups excluding carboxylic acids is 1. The summed E-state index contributed by atoms with van der Waals surface area (Å²) in [6, 6.07) is 8.50. The van der Waals surface area contributed by atoms with Crippen LogP contribution >= 0.6 is 0 Å². The molecule has 1 aromatic rings. The third kappa shape index (κ3) is 5.53. The molecule has 5 nitrogen and oxygen atoms in total. The number of aliphatic hydroxyl groups excluding tert-OH is 1. The Kier molecular flexibility index (Phi) is 6.45. The van der Waals surface area contributed by atoms with Crippen LogP contribution in [0, 0.1) is 5.92 Å². The van der Waals surface area contributed by atoms with Gasteiger partial charge in [0.05, 0.1) is 12.6 Å². The average molecular weight is 345 g/mol. The number of aliphatic hydroxyl groups is 1. The van der Waals surface area contributed by atoms with E-state index in [2.05, 4.69) is 46.3 Å². The molecule has 1 fully saturated rings. The second-order valence-electron chi connectivity index (χ2n) is 7.67. The van der Waals surface area contributed by atoms with Crippen molar-refractivity contribution >= 4 is 5.91 Å². The zero-order chi connectivity index (χ0) is 17.6. The van der Waals surface area contributed by atoms with Gasteiger partial charge in [-0.1, -0.05) is 31.2 Å². The van der Waals surface area contributed by atoms with Crippen LogP contribution in [0.5, 0.6) is 0 Å². The second-order valence-corrected chi connectivity index (χ2v) is 7.67. The molecule has 1 aromatic carbocycles. The molecule has 0 radical (unpaired) electrons. The van der Waals surface area contributed by atoms with Crippen molar-refractivity contribution in [2.45, 2.75) is 38.8 Å². The Hall–Kier alpha value is -1.43. The maximum absolute atomic E-state index is 12.1. The number of amides is 1. The predicted molar refractivity (Wildman–Crippen MR) is 99.3 cm³/mol. The molecule has 1 atom stereocenters. The van der Waals surface area contributed by atoms with Gasteiger partial charge in [0, 0.05) is 26.2 Å². The summed E-state index contributed by atoms with van der Waals surface area (Å²) in [4.78, 5) is 16.6. The average Bonchev–Trinajstić information content (AvgIpc) is 2.62. The smallest absolute Gasteiger partial charge is 0.234 e. The molecule has 1 saturated heterocycles. The van der Waals surface area contributed by atoms with Crippen molar-refractivity contribution in [2.24, 2.45) is 5.92 Å². The summed E-state index contributed by atoms with van der Waals surface area (Å²) >= 11 is 0. The van der Waals surface area contributed by atoms with Crippen LogP contribution in [0.2, 0.25) is 0 Å². The van der Waals surface area contributed by atoms with Crippen LogP contribution < -0.4 is 5.32 Å². The lowest BCUT2D eigenvalue weighted by Crippen LogP contribution is -2.45. The third-order valence-electron chi connectivity index (χ3n) is 5.46. The Morgan fingerprint density at radius 1 is 1.20 bits per heavy atom. The minimum Gasteiger partial charge on any atom is -0.390 e. The van der Waals surface area contributed by atoms with E-state index in [1.165, 1.54) is 24.0 Å². The van der Waals surface area contributed by atoms with Gasteiger partial charge in [-0.05, 0) is 49.4 Å². The number of nitrogens with zero attached hydrogens (tertiary/aromatic N) is 2. The summed E-state index contributed by atoms with van der Waals surface area (Å²) in [6.45, 7) is 7.52. The van der Waals surface area contributed by atoms with Gasteiger partial charge in [-0.3, -0.25) is 14.6 Å². The van der Waals surface area contributed by atoms with Gasteiger partial charge in [0.15, 0.2) is 0 Å². The lowest BCUT2D eigenvalue weighted by molar-refractivity contribution is -0.123. The number of rotatable bonds is 6. The Bertz CT molecular complexity index is 570. The van der Waals surface area contributed by atoms with E-state index in [0.717, 1.165) is 38.5 Å². The Balaban J connectivity index is 1.35. The molecule has 0 aliphatic carbocycles. The molecule has 25 heavy (non-hydrogen) atoms. The minimum atomic E-state index is -0.518. The van der Waals surface area contributed by atoms with Gasteiger partial charge in [-0.15, -0.1) is 0 Å². The van der Waals surface area contributed by atoms with Crippen molar-refractivity contribution in [1.29, 1.82) is 0 Å². The molecule has 0 spiro atoms. The quantitative estimate of drug-likeness (QED) is 0.815. The molecule has 2 aliphatic rings. The monoisotopic (exact) mass is 345 g/mol. The van der Waals surface area contributed by atoms with E-state index in [0.29, 0.717) is 19.6 Å². The van der Waals surface area contributed by atoms with Crippen LogP contribution in [0.15, 0.2) is 24.3 Å². The topological polar surface area (TPSA) is 55.8 Å². The summed E-state index contributed by atoms with van der Waals surface area (Å²) < 4.78 is 0. The maximum atomic E-state index is 12.1. The fourth-order valence-corrected chi connectivity index (χ4v) is 3.78. The summed E-state index contributed by atoms with van der Waals surface area (Å²) in [5.74, 6) is 0.799. The van der Waals surface area contributed by atoms with Gasteiger partial charge in [-0.25, -0.2) is 0 Å². The Morgan fingerprint density at radius 2 is 1.92 bits per heavy atom. The van der Waals surface area contributed by atoms with Crippen LogP contribution in [0.3, 0.4) is 0 Å². The van der Waals surface area contributed by atoms with E-state index in [4.69, 9.17) is 0 Å². The van der Waals surface area contributed by atoms with E-state index in [1.54, 1.807) is 0 Å². The molecule has 1 unspecified atom stereocenters.